The molecule has 1 amide bonds. The van der Waals surface area contributed by atoms with Crippen LogP contribution in [0.1, 0.15) is 16.9 Å². The van der Waals surface area contributed by atoms with Crippen molar-refractivity contribution < 1.29 is 18.7 Å². The first kappa shape index (κ1) is 22.4. The van der Waals surface area contributed by atoms with Gasteiger partial charge < -0.3 is 19.2 Å². The largest absolute Gasteiger partial charge is 0.467 e. The number of pyridine rings is 1. The molecule has 2 aliphatic rings. The minimum absolute atomic E-state index is 0.175. The van der Waals surface area contributed by atoms with Crippen LogP contribution >= 0.6 is 24.0 Å². The van der Waals surface area contributed by atoms with E-state index < -0.39 is 0 Å². The quantitative estimate of drug-likeness (QED) is 0.300. The molecule has 1 N–H and O–H groups in total. The zero-order valence-corrected chi connectivity index (χ0v) is 20.3. The van der Waals surface area contributed by atoms with Crippen molar-refractivity contribution in [3.63, 3.8) is 0 Å². The van der Waals surface area contributed by atoms with E-state index in [2.05, 4.69) is 10.3 Å². The Bertz CT molecular complexity index is 1600. The van der Waals surface area contributed by atoms with Crippen molar-refractivity contribution in [1.82, 2.24) is 14.3 Å². The second-order valence-electron chi connectivity index (χ2n) is 8.00. The Kier molecular flexibility index (Phi) is 5.70. The van der Waals surface area contributed by atoms with Crippen molar-refractivity contribution in [2.75, 3.05) is 12.1 Å². The summed E-state index contributed by atoms with van der Waals surface area (Å²) in [6.07, 6.45) is 4.77. The number of thioether (sulfide) groups is 1. The number of nitrogens with one attached hydrogen (secondary N) is 1. The van der Waals surface area contributed by atoms with Gasteiger partial charge in [0.2, 0.25) is 6.79 Å². The zero-order valence-electron chi connectivity index (χ0n) is 18.7. The van der Waals surface area contributed by atoms with Gasteiger partial charge in [0.15, 0.2) is 11.5 Å². The summed E-state index contributed by atoms with van der Waals surface area (Å²) in [7, 11) is 0. The third-order valence-corrected chi connectivity index (χ3v) is 7.08. The summed E-state index contributed by atoms with van der Waals surface area (Å²) in [5.41, 5.74) is 1.29. The van der Waals surface area contributed by atoms with Crippen LogP contribution in [0, 0.1) is 0 Å². The van der Waals surface area contributed by atoms with Crippen LogP contribution in [0.2, 0.25) is 0 Å². The van der Waals surface area contributed by atoms with Crippen LogP contribution in [0.15, 0.2) is 75.1 Å². The molecule has 2 aliphatic heterocycles. The topological polar surface area (TPSA) is 98.3 Å². The lowest BCUT2D eigenvalue weighted by atomic mass is 10.2. The number of thiocarbonyl (C=S) groups is 1. The number of hydrogen-bond acceptors (Lipinski definition) is 9. The lowest BCUT2D eigenvalue weighted by Crippen LogP contribution is -2.27. The molecule has 1 fully saturated rings. The molecule has 1 aromatic carbocycles. The minimum Gasteiger partial charge on any atom is -0.467 e. The number of hydrogen-bond donors (Lipinski definition) is 1. The Balaban J connectivity index is 1.33. The highest BCUT2D eigenvalue weighted by molar-refractivity contribution is 8.26. The van der Waals surface area contributed by atoms with Crippen LogP contribution in [0.3, 0.4) is 0 Å². The molecule has 11 heteroatoms. The third-order valence-electron chi connectivity index (χ3n) is 5.71. The number of rotatable bonds is 6. The van der Waals surface area contributed by atoms with Crippen LogP contribution in [-0.2, 0) is 17.9 Å². The summed E-state index contributed by atoms with van der Waals surface area (Å²) in [6, 6.07) is 14.4. The number of amides is 1. The summed E-state index contributed by atoms with van der Waals surface area (Å²) < 4.78 is 18.0. The summed E-state index contributed by atoms with van der Waals surface area (Å²) in [5, 5.41) is 3.17. The van der Waals surface area contributed by atoms with Gasteiger partial charge in [0, 0.05) is 6.20 Å². The lowest BCUT2D eigenvalue weighted by molar-refractivity contribution is -0.122. The summed E-state index contributed by atoms with van der Waals surface area (Å²) in [4.78, 5) is 33.2. The highest BCUT2D eigenvalue weighted by Gasteiger charge is 2.33. The maximum atomic E-state index is 13.4. The number of nitrogens with zero attached hydrogens (tertiary/aromatic N) is 3. The maximum Gasteiger partial charge on any atom is 0.267 e. The van der Waals surface area contributed by atoms with Crippen LogP contribution in [0.25, 0.3) is 11.7 Å². The van der Waals surface area contributed by atoms with E-state index in [0.29, 0.717) is 44.5 Å². The Labute approximate surface area is 214 Å². The summed E-state index contributed by atoms with van der Waals surface area (Å²) in [5.74, 6) is 2.06. The van der Waals surface area contributed by atoms with Crippen LogP contribution in [0.5, 0.6) is 11.5 Å². The van der Waals surface area contributed by atoms with Gasteiger partial charge in [0.05, 0.1) is 29.8 Å². The Morgan fingerprint density at radius 3 is 2.86 bits per heavy atom. The molecule has 6 rings (SSSR count). The molecule has 4 aromatic rings. The number of aromatic nitrogens is 2. The molecule has 180 valence electrons. The molecule has 9 nitrogen and oxygen atoms in total. The molecule has 0 spiro atoms. The van der Waals surface area contributed by atoms with E-state index in [9.17, 15) is 9.59 Å². The highest BCUT2D eigenvalue weighted by atomic mass is 32.2. The molecule has 0 radical (unpaired) electrons. The molecule has 5 heterocycles. The number of furan rings is 1. The van der Waals surface area contributed by atoms with E-state index in [1.807, 2.05) is 24.3 Å². The van der Waals surface area contributed by atoms with E-state index in [-0.39, 0.29) is 30.4 Å². The number of anilines is 1. The number of carbonyl (C=O) groups excluding carboxylic acids is 1. The van der Waals surface area contributed by atoms with E-state index in [1.165, 1.54) is 9.30 Å². The summed E-state index contributed by atoms with van der Waals surface area (Å²) >= 11 is 6.65. The van der Waals surface area contributed by atoms with E-state index in [4.69, 9.17) is 26.1 Å². The van der Waals surface area contributed by atoms with Gasteiger partial charge in [-0.1, -0.05) is 36.1 Å². The van der Waals surface area contributed by atoms with Crippen molar-refractivity contribution in [1.29, 1.82) is 0 Å². The third kappa shape index (κ3) is 4.12. The molecule has 1 saturated heterocycles. The van der Waals surface area contributed by atoms with Crippen molar-refractivity contribution in [3.8, 4) is 11.5 Å². The van der Waals surface area contributed by atoms with Crippen LogP contribution in [0.4, 0.5) is 5.82 Å². The SMILES string of the molecule is O=C1/C(=C/c2c(NCc3ccco3)nc3ccccn3c2=O)SC(=S)N1Cc1ccc2c(c1)OCO2. The second-order valence-corrected chi connectivity index (χ2v) is 9.67. The average Bonchev–Trinajstić information content (AvgIpc) is 3.63. The molecular weight excluding hydrogens is 500 g/mol. The Morgan fingerprint density at radius 1 is 1.11 bits per heavy atom. The van der Waals surface area contributed by atoms with Gasteiger partial charge in [-0.2, -0.15) is 0 Å². The van der Waals surface area contributed by atoms with E-state index in [0.717, 1.165) is 17.3 Å². The molecular formula is C25H18N4O5S2. The van der Waals surface area contributed by atoms with Gasteiger partial charge in [-0.25, -0.2) is 4.98 Å². The standard InChI is InChI=1S/C25H18N4O5S2/c30-23-17(22(26-12-16-4-3-9-32-16)27-21-5-1-2-8-28(21)23)11-20-24(31)29(25(35)36-20)13-15-6-7-18-19(10-15)34-14-33-18/h1-11,26H,12-14H2/b20-11-. The van der Waals surface area contributed by atoms with Gasteiger partial charge in [-0.05, 0) is 48.0 Å². The fourth-order valence-electron chi connectivity index (χ4n) is 3.94. The second kappa shape index (κ2) is 9.17. The highest BCUT2D eigenvalue weighted by Crippen LogP contribution is 2.36. The van der Waals surface area contributed by atoms with Gasteiger partial charge >= 0.3 is 0 Å². The Morgan fingerprint density at radius 2 is 2.00 bits per heavy atom. The van der Waals surface area contributed by atoms with E-state index in [1.54, 1.807) is 42.8 Å². The minimum atomic E-state index is -0.302. The smallest absolute Gasteiger partial charge is 0.267 e. The van der Waals surface area contributed by atoms with Gasteiger partial charge in [-0.3, -0.25) is 18.9 Å². The van der Waals surface area contributed by atoms with Crippen molar-refractivity contribution >= 4 is 51.7 Å². The van der Waals surface area contributed by atoms with Crippen molar-refractivity contribution in [3.05, 3.63) is 93.1 Å². The van der Waals surface area contributed by atoms with Gasteiger partial charge in [0.1, 0.15) is 21.5 Å². The molecule has 0 saturated carbocycles. The number of carbonyl (C=O) groups is 1. The molecule has 0 bridgehead atoms. The average molecular weight is 519 g/mol. The molecule has 0 unspecified atom stereocenters. The van der Waals surface area contributed by atoms with E-state index >= 15 is 0 Å². The normalized spacial score (nSPS) is 15.9. The molecule has 0 aliphatic carbocycles. The predicted molar refractivity (Wildman–Crippen MR) is 139 cm³/mol. The first-order chi connectivity index (χ1) is 17.6. The Hall–Kier alpha value is -4.09. The fraction of sp³-hybridized carbons (Fsp3) is 0.120. The van der Waals surface area contributed by atoms with Crippen LogP contribution in [-0.4, -0.2) is 31.3 Å². The zero-order chi connectivity index (χ0) is 24.6. The number of benzene rings is 1. The van der Waals surface area contributed by atoms with Crippen LogP contribution < -0.4 is 20.3 Å². The fourth-order valence-corrected chi connectivity index (χ4v) is 5.18. The predicted octanol–water partition coefficient (Wildman–Crippen LogP) is 4.03. The van der Waals surface area contributed by atoms with Gasteiger partial charge in [0.25, 0.3) is 11.5 Å². The molecule has 36 heavy (non-hydrogen) atoms. The lowest BCUT2D eigenvalue weighted by Gasteiger charge is -2.14. The van der Waals surface area contributed by atoms with Crippen molar-refractivity contribution in [2.45, 2.75) is 13.1 Å². The number of ether oxygens (including phenoxy) is 2. The molecule has 0 atom stereocenters. The maximum absolute atomic E-state index is 13.4. The first-order valence-electron chi connectivity index (χ1n) is 11.0. The first-order valence-corrected chi connectivity index (χ1v) is 12.2. The molecule has 3 aromatic heterocycles. The van der Waals surface area contributed by atoms with Crippen molar-refractivity contribution in [2.24, 2.45) is 0 Å². The van der Waals surface area contributed by atoms with Gasteiger partial charge in [-0.15, -0.1) is 0 Å². The summed E-state index contributed by atoms with van der Waals surface area (Å²) in [6.45, 7) is 0.778. The number of fused-ring (bicyclic) bond motifs is 2. The monoisotopic (exact) mass is 518 g/mol.